The number of halogens is 1. The average molecular weight is 413 g/mol. The molecule has 0 radical (unpaired) electrons. The van der Waals surface area contributed by atoms with Crippen LogP contribution in [0, 0.1) is 0 Å². The Morgan fingerprint density at radius 3 is 2.41 bits per heavy atom. The van der Waals surface area contributed by atoms with Crippen molar-refractivity contribution in [2.75, 3.05) is 5.32 Å². The van der Waals surface area contributed by atoms with Crippen molar-refractivity contribution in [1.29, 1.82) is 0 Å². The molecule has 0 aliphatic carbocycles. The molecule has 29 heavy (non-hydrogen) atoms. The number of hydrogen-bond acceptors (Lipinski definition) is 4. The summed E-state index contributed by atoms with van der Waals surface area (Å²) in [5, 5.41) is 10.2. The first-order valence-electron chi connectivity index (χ1n) is 8.99. The number of nitrogens with one attached hydrogen (secondary N) is 2. The van der Waals surface area contributed by atoms with Gasteiger partial charge in [0.25, 0.3) is 5.91 Å². The average Bonchev–Trinajstić information content (AvgIpc) is 3.14. The second-order valence-corrected chi connectivity index (χ2v) is 6.92. The maximum absolute atomic E-state index is 12.3. The summed E-state index contributed by atoms with van der Waals surface area (Å²) >= 11 is 5.83. The number of rotatable bonds is 6. The lowest BCUT2D eigenvalue weighted by atomic mass is 10.1. The molecule has 8 heteroatoms. The number of carbonyl (C=O) groups is 2. The minimum Gasteiger partial charge on any atom is -0.444 e. The van der Waals surface area contributed by atoms with Gasteiger partial charge in [0.1, 0.15) is 12.3 Å². The lowest BCUT2D eigenvalue weighted by Crippen LogP contribution is -2.28. The van der Waals surface area contributed by atoms with Gasteiger partial charge in [-0.3, -0.25) is 14.8 Å². The van der Waals surface area contributed by atoms with E-state index in [0.717, 1.165) is 11.1 Å². The molecule has 3 aromatic rings. The molecule has 1 atom stereocenters. The Hall–Kier alpha value is -3.32. The number of aromatic nitrogens is 2. The summed E-state index contributed by atoms with van der Waals surface area (Å²) in [5.41, 5.74) is 2.83. The topological polar surface area (TPSA) is 85.3 Å². The van der Waals surface area contributed by atoms with Crippen molar-refractivity contribution < 1.29 is 14.3 Å². The number of anilines is 1. The van der Waals surface area contributed by atoms with Crippen molar-refractivity contribution >= 4 is 29.3 Å². The van der Waals surface area contributed by atoms with Crippen molar-refractivity contribution in [3.63, 3.8) is 0 Å². The first-order valence-corrected chi connectivity index (χ1v) is 9.37. The Kier molecular flexibility index (Phi) is 6.51. The van der Waals surface area contributed by atoms with Gasteiger partial charge in [-0.05, 0) is 48.4 Å². The fraction of sp³-hybridized carbons (Fsp3) is 0.190. The molecule has 1 aromatic heterocycles. The van der Waals surface area contributed by atoms with E-state index in [9.17, 15) is 9.59 Å². The van der Waals surface area contributed by atoms with Gasteiger partial charge in [-0.2, -0.15) is 5.10 Å². The minimum absolute atomic E-state index is 0.151. The molecule has 1 heterocycles. The van der Waals surface area contributed by atoms with Crippen LogP contribution in [0.15, 0.2) is 60.8 Å². The van der Waals surface area contributed by atoms with Gasteiger partial charge in [0.15, 0.2) is 0 Å². The lowest BCUT2D eigenvalue weighted by Gasteiger charge is -2.15. The number of hydrogen-bond donors (Lipinski definition) is 2. The number of amides is 2. The molecule has 2 aromatic carbocycles. The van der Waals surface area contributed by atoms with Crippen molar-refractivity contribution in [1.82, 2.24) is 15.1 Å². The first-order chi connectivity index (χ1) is 13.9. The second kappa shape index (κ2) is 9.25. The smallest absolute Gasteiger partial charge is 0.411 e. The standard InChI is InChI=1S/C21H21ClN4O3/c1-14(24-20(27)19-11-12-23-26(19)2)16-5-9-18(10-6-16)25-21(28)29-13-15-3-7-17(22)8-4-15/h3-12,14H,13H2,1-2H3,(H,24,27)(H,25,28). The van der Waals surface area contributed by atoms with Crippen LogP contribution >= 0.6 is 11.6 Å². The van der Waals surface area contributed by atoms with Crippen LogP contribution in [0.25, 0.3) is 0 Å². The first kappa shape index (κ1) is 20.4. The minimum atomic E-state index is -0.551. The zero-order chi connectivity index (χ0) is 20.8. The zero-order valence-corrected chi connectivity index (χ0v) is 16.8. The summed E-state index contributed by atoms with van der Waals surface area (Å²) in [5.74, 6) is -0.203. The summed E-state index contributed by atoms with van der Waals surface area (Å²) in [6.45, 7) is 2.04. The van der Waals surface area contributed by atoms with Gasteiger partial charge < -0.3 is 10.1 Å². The van der Waals surface area contributed by atoms with Gasteiger partial charge in [0.05, 0.1) is 6.04 Å². The molecule has 0 bridgehead atoms. The molecule has 0 aliphatic heterocycles. The highest BCUT2D eigenvalue weighted by atomic mass is 35.5. The maximum atomic E-state index is 12.3. The van der Waals surface area contributed by atoms with E-state index in [2.05, 4.69) is 15.7 Å². The zero-order valence-electron chi connectivity index (χ0n) is 16.1. The summed E-state index contributed by atoms with van der Waals surface area (Å²) < 4.78 is 6.71. The van der Waals surface area contributed by atoms with E-state index in [0.29, 0.717) is 16.4 Å². The summed E-state index contributed by atoms with van der Waals surface area (Å²) in [6, 6.07) is 15.7. The van der Waals surface area contributed by atoms with Crippen LogP contribution in [0.3, 0.4) is 0 Å². The number of nitrogens with zero attached hydrogens (tertiary/aromatic N) is 2. The largest absolute Gasteiger partial charge is 0.444 e. The van der Waals surface area contributed by atoms with E-state index < -0.39 is 6.09 Å². The highest BCUT2D eigenvalue weighted by Crippen LogP contribution is 2.17. The highest BCUT2D eigenvalue weighted by molar-refractivity contribution is 6.30. The SMILES string of the molecule is CC(NC(=O)c1ccnn1C)c1ccc(NC(=O)OCc2ccc(Cl)cc2)cc1. The van der Waals surface area contributed by atoms with Gasteiger partial charge in [-0.25, -0.2) is 4.79 Å². The monoisotopic (exact) mass is 412 g/mol. The van der Waals surface area contributed by atoms with Crippen LogP contribution in [-0.2, 0) is 18.4 Å². The van der Waals surface area contributed by atoms with Gasteiger partial charge >= 0.3 is 6.09 Å². The van der Waals surface area contributed by atoms with E-state index in [1.54, 1.807) is 55.7 Å². The maximum Gasteiger partial charge on any atom is 0.411 e. The van der Waals surface area contributed by atoms with E-state index in [1.807, 2.05) is 19.1 Å². The second-order valence-electron chi connectivity index (χ2n) is 6.48. The molecule has 3 rings (SSSR count). The van der Waals surface area contributed by atoms with Crippen LogP contribution in [0.1, 0.15) is 34.6 Å². The van der Waals surface area contributed by atoms with Crippen molar-refractivity contribution in [2.45, 2.75) is 19.6 Å². The van der Waals surface area contributed by atoms with E-state index in [4.69, 9.17) is 16.3 Å². The predicted octanol–water partition coefficient (Wildman–Crippen LogP) is 4.31. The Labute approximate surface area is 173 Å². The summed E-state index contributed by atoms with van der Waals surface area (Å²) in [4.78, 5) is 24.2. The molecule has 1 unspecified atom stereocenters. The number of ether oxygens (including phenoxy) is 1. The third kappa shape index (κ3) is 5.58. The van der Waals surface area contributed by atoms with Gasteiger partial charge in [0, 0.05) is 24.0 Å². The third-order valence-corrected chi connectivity index (χ3v) is 4.59. The van der Waals surface area contributed by atoms with Crippen molar-refractivity contribution in [2.24, 2.45) is 7.05 Å². The number of benzene rings is 2. The molecular formula is C21H21ClN4O3. The lowest BCUT2D eigenvalue weighted by molar-refractivity contribution is 0.0930. The van der Waals surface area contributed by atoms with Crippen molar-refractivity contribution in [3.05, 3.63) is 82.6 Å². The quantitative estimate of drug-likeness (QED) is 0.631. The number of aryl methyl sites for hydroxylation is 1. The molecule has 0 spiro atoms. The molecule has 0 saturated carbocycles. The normalized spacial score (nSPS) is 11.6. The van der Waals surface area contributed by atoms with Crippen LogP contribution in [0.4, 0.5) is 10.5 Å². The Morgan fingerprint density at radius 2 is 1.79 bits per heavy atom. The molecule has 0 aliphatic rings. The van der Waals surface area contributed by atoms with Crippen LogP contribution < -0.4 is 10.6 Å². The Balaban J connectivity index is 1.51. The molecule has 7 nitrogen and oxygen atoms in total. The van der Waals surface area contributed by atoms with Crippen LogP contribution in [-0.4, -0.2) is 21.8 Å². The molecule has 2 N–H and O–H groups in total. The predicted molar refractivity (Wildman–Crippen MR) is 111 cm³/mol. The Bertz CT molecular complexity index is 984. The van der Waals surface area contributed by atoms with E-state index >= 15 is 0 Å². The van der Waals surface area contributed by atoms with Gasteiger partial charge in [-0.15, -0.1) is 0 Å². The van der Waals surface area contributed by atoms with Gasteiger partial charge in [0.2, 0.25) is 0 Å². The van der Waals surface area contributed by atoms with Gasteiger partial charge in [-0.1, -0.05) is 35.9 Å². The van der Waals surface area contributed by atoms with E-state index in [-0.39, 0.29) is 18.6 Å². The summed E-state index contributed by atoms with van der Waals surface area (Å²) in [6.07, 6.45) is 1.02. The van der Waals surface area contributed by atoms with Crippen LogP contribution in [0.5, 0.6) is 0 Å². The fourth-order valence-electron chi connectivity index (χ4n) is 2.69. The van der Waals surface area contributed by atoms with Crippen molar-refractivity contribution in [3.8, 4) is 0 Å². The number of carbonyl (C=O) groups excluding carboxylic acids is 2. The van der Waals surface area contributed by atoms with E-state index in [1.165, 1.54) is 4.68 Å². The summed E-state index contributed by atoms with van der Waals surface area (Å²) in [7, 11) is 1.71. The molecule has 0 fully saturated rings. The Morgan fingerprint density at radius 1 is 1.10 bits per heavy atom. The third-order valence-electron chi connectivity index (χ3n) is 4.34. The molecular weight excluding hydrogens is 392 g/mol. The molecule has 150 valence electrons. The van der Waals surface area contributed by atoms with Crippen LogP contribution in [0.2, 0.25) is 5.02 Å². The molecule has 2 amide bonds. The fourth-order valence-corrected chi connectivity index (χ4v) is 2.82. The molecule has 0 saturated heterocycles. The highest BCUT2D eigenvalue weighted by Gasteiger charge is 2.14.